The molecule has 10 heteroatoms. The summed E-state index contributed by atoms with van der Waals surface area (Å²) >= 11 is 0. The third-order valence-corrected chi connectivity index (χ3v) is 6.84. The van der Waals surface area contributed by atoms with Crippen LogP contribution in [0, 0.1) is 11.8 Å². The molecule has 2 atom stereocenters. The van der Waals surface area contributed by atoms with E-state index in [1.165, 1.54) is 7.11 Å². The van der Waals surface area contributed by atoms with Crippen molar-refractivity contribution in [2.75, 3.05) is 66.8 Å². The van der Waals surface area contributed by atoms with Crippen LogP contribution in [-0.2, 0) is 25.5 Å². The summed E-state index contributed by atoms with van der Waals surface area (Å²) in [6.45, 7) is 9.45. The van der Waals surface area contributed by atoms with Gasteiger partial charge in [0.2, 0.25) is 5.91 Å². The van der Waals surface area contributed by atoms with Crippen LogP contribution in [0.15, 0.2) is 12.1 Å². The lowest BCUT2D eigenvalue weighted by Gasteiger charge is -2.40. The Kier molecular flexibility index (Phi) is 10.8. The molecule has 36 heavy (non-hydrogen) atoms. The van der Waals surface area contributed by atoms with Crippen LogP contribution in [0.1, 0.15) is 54.1 Å². The van der Waals surface area contributed by atoms with Crippen molar-refractivity contribution >= 4 is 17.8 Å². The Balaban J connectivity index is 1.82. The first kappa shape index (κ1) is 28.1. The number of hydrogen-bond acceptors (Lipinski definition) is 7. The van der Waals surface area contributed by atoms with Crippen molar-refractivity contribution in [3.05, 3.63) is 23.5 Å². The monoisotopic (exact) mass is 506 g/mol. The summed E-state index contributed by atoms with van der Waals surface area (Å²) in [5.41, 5.74) is 0.833. The zero-order valence-electron chi connectivity index (χ0n) is 22.2. The van der Waals surface area contributed by atoms with Crippen molar-refractivity contribution < 1.29 is 28.6 Å². The molecule has 0 radical (unpaired) electrons. The molecule has 3 rings (SSSR count). The number of amides is 2. The molecule has 0 unspecified atom stereocenters. The molecule has 202 valence electrons. The Morgan fingerprint density at radius 3 is 2.50 bits per heavy atom. The van der Waals surface area contributed by atoms with E-state index >= 15 is 0 Å². The van der Waals surface area contributed by atoms with Gasteiger partial charge in [-0.05, 0) is 37.3 Å². The van der Waals surface area contributed by atoms with Crippen LogP contribution in [-0.4, -0.2) is 105 Å². The fraction of sp³-hybridized carbons (Fsp3) is 0.731. The van der Waals surface area contributed by atoms with Gasteiger partial charge in [-0.25, -0.2) is 4.79 Å². The lowest BCUT2D eigenvalue weighted by molar-refractivity contribution is -0.140. The number of methoxy groups -OCH3 is 2. The molecule has 0 saturated carbocycles. The number of nitrogens with zero attached hydrogens (tertiary/aromatic N) is 3. The maximum Gasteiger partial charge on any atom is 0.354 e. The first-order valence-electron chi connectivity index (χ1n) is 13.0. The van der Waals surface area contributed by atoms with Gasteiger partial charge in [0, 0.05) is 59.0 Å². The molecule has 1 aromatic rings. The minimum absolute atomic E-state index is 0.123. The summed E-state index contributed by atoms with van der Waals surface area (Å²) in [6, 6.07) is 3.25. The Morgan fingerprint density at radius 1 is 1.11 bits per heavy atom. The summed E-state index contributed by atoms with van der Waals surface area (Å²) in [5, 5.41) is 3.39. The molecule has 0 bridgehead atoms. The molecule has 1 aromatic heterocycles. The number of morpholine rings is 1. The number of unbranched alkanes of at least 4 members (excludes halogenated alkanes) is 1. The molecule has 1 N–H and O–H groups in total. The highest BCUT2D eigenvalue weighted by atomic mass is 16.5. The van der Waals surface area contributed by atoms with Crippen molar-refractivity contribution in [2.24, 2.45) is 11.8 Å². The molecule has 2 aliphatic heterocycles. The van der Waals surface area contributed by atoms with E-state index in [4.69, 9.17) is 14.2 Å². The number of nitrogens with one attached hydrogen (secondary N) is 1. The van der Waals surface area contributed by atoms with E-state index in [1.807, 2.05) is 9.80 Å². The molecule has 2 saturated heterocycles. The lowest BCUT2D eigenvalue weighted by atomic mass is 9.92. The van der Waals surface area contributed by atoms with Crippen molar-refractivity contribution in [1.29, 1.82) is 0 Å². The van der Waals surface area contributed by atoms with Gasteiger partial charge in [0.25, 0.3) is 5.91 Å². The molecule has 10 nitrogen and oxygen atoms in total. The molecule has 3 heterocycles. The molecule has 0 spiro atoms. The number of rotatable bonds is 11. The van der Waals surface area contributed by atoms with Crippen LogP contribution in [0.2, 0.25) is 0 Å². The van der Waals surface area contributed by atoms with Gasteiger partial charge in [0.1, 0.15) is 11.4 Å². The number of hydrogen-bond donors (Lipinski definition) is 1. The van der Waals surface area contributed by atoms with Crippen molar-refractivity contribution in [1.82, 2.24) is 19.7 Å². The fourth-order valence-corrected chi connectivity index (χ4v) is 5.02. The van der Waals surface area contributed by atoms with Crippen LogP contribution in [0.5, 0.6) is 0 Å². The zero-order valence-corrected chi connectivity index (χ0v) is 22.2. The quantitative estimate of drug-likeness (QED) is 0.360. The first-order valence-corrected chi connectivity index (χ1v) is 13.0. The maximum atomic E-state index is 14.0. The van der Waals surface area contributed by atoms with Gasteiger partial charge in [0.05, 0.1) is 26.2 Å². The Bertz CT molecular complexity index is 880. The summed E-state index contributed by atoms with van der Waals surface area (Å²) in [7, 11) is 3.00. The second kappa shape index (κ2) is 13.8. The van der Waals surface area contributed by atoms with Gasteiger partial charge in [-0.15, -0.1) is 0 Å². The Labute approximate surface area is 214 Å². The van der Waals surface area contributed by atoms with E-state index in [0.717, 1.165) is 12.8 Å². The predicted molar refractivity (Wildman–Crippen MR) is 135 cm³/mol. The van der Waals surface area contributed by atoms with Crippen molar-refractivity contribution in [3.63, 3.8) is 0 Å². The Morgan fingerprint density at radius 2 is 1.83 bits per heavy atom. The van der Waals surface area contributed by atoms with Crippen LogP contribution < -0.4 is 5.32 Å². The number of carbonyl (C=O) groups is 3. The summed E-state index contributed by atoms with van der Waals surface area (Å²) < 4.78 is 17.3. The molecule has 2 amide bonds. The second-order valence-electron chi connectivity index (χ2n) is 9.98. The molecular weight excluding hydrogens is 464 g/mol. The maximum absolute atomic E-state index is 14.0. The van der Waals surface area contributed by atoms with E-state index in [2.05, 4.69) is 19.2 Å². The van der Waals surface area contributed by atoms with E-state index < -0.39 is 5.97 Å². The molecule has 0 aliphatic carbocycles. The van der Waals surface area contributed by atoms with Gasteiger partial charge in [-0.2, -0.15) is 0 Å². The number of piperidine rings is 1. The number of esters is 1. The van der Waals surface area contributed by atoms with Crippen LogP contribution in [0.3, 0.4) is 0 Å². The largest absolute Gasteiger partial charge is 0.464 e. The number of aromatic nitrogens is 1. The second-order valence-corrected chi connectivity index (χ2v) is 9.98. The van der Waals surface area contributed by atoms with E-state index in [1.54, 1.807) is 23.8 Å². The minimum Gasteiger partial charge on any atom is -0.464 e. The highest BCUT2D eigenvalue weighted by Crippen LogP contribution is 2.23. The van der Waals surface area contributed by atoms with Crippen LogP contribution in [0.4, 0.5) is 0 Å². The third-order valence-electron chi connectivity index (χ3n) is 6.84. The summed E-state index contributed by atoms with van der Waals surface area (Å²) in [5.74, 6) is -0.407. The minimum atomic E-state index is -0.466. The predicted octanol–water partition coefficient (Wildman–Crippen LogP) is 1.64. The molecule has 2 fully saturated rings. The average molecular weight is 507 g/mol. The smallest absolute Gasteiger partial charge is 0.354 e. The lowest BCUT2D eigenvalue weighted by Crippen LogP contribution is -2.56. The highest BCUT2D eigenvalue weighted by molar-refractivity contribution is 5.96. The standard InChI is InChI=1S/C26H42N4O6/c1-19(2)18-30(21-15-20(16-27-17-21)24(31)28-10-13-36-14-11-28)25(32)22-7-8-23(26(33)35-4)29(22)9-5-6-12-34-3/h7-8,19-21,27H,5-6,9-18H2,1-4H3/t20-,21+/m1/s1. The zero-order chi connectivity index (χ0) is 26.1. The van der Waals surface area contributed by atoms with E-state index in [-0.39, 0.29) is 29.7 Å². The number of carbonyl (C=O) groups excluding carboxylic acids is 3. The normalized spacial score (nSPS) is 20.4. The molecule has 2 aliphatic rings. The van der Waals surface area contributed by atoms with Gasteiger partial charge < -0.3 is 33.9 Å². The van der Waals surface area contributed by atoms with Gasteiger partial charge in [0.15, 0.2) is 0 Å². The average Bonchev–Trinajstić information content (AvgIpc) is 3.32. The van der Waals surface area contributed by atoms with Crippen molar-refractivity contribution in [2.45, 2.75) is 45.7 Å². The highest BCUT2D eigenvalue weighted by Gasteiger charge is 2.36. The first-order chi connectivity index (χ1) is 17.4. The van der Waals surface area contributed by atoms with Crippen LogP contribution in [0.25, 0.3) is 0 Å². The van der Waals surface area contributed by atoms with Crippen LogP contribution >= 0.6 is 0 Å². The third kappa shape index (κ3) is 7.08. The van der Waals surface area contributed by atoms with Crippen molar-refractivity contribution in [3.8, 4) is 0 Å². The van der Waals surface area contributed by atoms with Gasteiger partial charge >= 0.3 is 5.97 Å². The summed E-state index contributed by atoms with van der Waals surface area (Å²) in [6.07, 6.45) is 2.19. The summed E-state index contributed by atoms with van der Waals surface area (Å²) in [4.78, 5) is 43.3. The van der Waals surface area contributed by atoms with Gasteiger partial charge in [-0.1, -0.05) is 13.8 Å². The molecular formula is C26H42N4O6. The fourth-order valence-electron chi connectivity index (χ4n) is 5.02. The Hall–Kier alpha value is -2.43. The topological polar surface area (TPSA) is 102 Å². The van der Waals surface area contributed by atoms with Gasteiger partial charge in [-0.3, -0.25) is 9.59 Å². The number of ether oxygens (including phenoxy) is 3. The van der Waals surface area contributed by atoms with E-state index in [0.29, 0.717) is 76.9 Å². The SMILES string of the molecule is COCCCCn1c(C(=O)OC)ccc1C(=O)N(CC(C)C)[C@@H]1CNC[C@H](C(=O)N2CCOCC2)C1. The van der Waals surface area contributed by atoms with E-state index in [9.17, 15) is 14.4 Å². The molecule has 0 aromatic carbocycles.